The molecule has 0 N–H and O–H groups in total. The Kier molecular flexibility index (Phi) is 2.17. The third kappa shape index (κ3) is 1.49. The largest absolute Gasteiger partial charge is 0.492 e. The Balaban J connectivity index is 2.42. The lowest BCUT2D eigenvalue weighted by atomic mass is 10.0. The average Bonchev–Trinajstić information content (AvgIpc) is 2.19. The fraction of sp³-hybridized carbons (Fsp3) is 0.300. The molecule has 1 aromatic rings. The summed E-state index contributed by atoms with van der Waals surface area (Å²) in [7, 11) is 1.55. The Hall–Kier alpha value is -1.51. The normalized spacial score (nSPS) is 17.8. The second kappa shape index (κ2) is 3.47. The van der Waals surface area contributed by atoms with Crippen molar-refractivity contribution in [3.63, 3.8) is 0 Å². The zero-order chi connectivity index (χ0) is 9.10. The number of hydrogen-bond donors (Lipinski definition) is 0. The summed E-state index contributed by atoms with van der Waals surface area (Å²) < 4.78 is 5.43. The summed E-state index contributed by atoms with van der Waals surface area (Å²) in [5.74, 6) is 0.838. The van der Waals surface area contributed by atoms with Crippen molar-refractivity contribution in [3.05, 3.63) is 29.8 Å². The second-order valence-electron chi connectivity index (χ2n) is 2.74. The van der Waals surface area contributed by atoms with Crippen LogP contribution in [0.4, 0.5) is 0 Å². The quantitative estimate of drug-likeness (QED) is 0.609. The predicted octanol–water partition coefficient (Wildman–Crippen LogP) is 1.62. The molecule has 0 bridgehead atoms. The van der Waals surface area contributed by atoms with E-state index in [0.29, 0.717) is 6.61 Å². The Morgan fingerprint density at radius 1 is 1.62 bits per heavy atom. The molecule has 0 atom stereocenters. The molecule has 0 fully saturated rings. The highest BCUT2D eigenvalue weighted by Crippen LogP contribution is 2.23. The van der Waals surface area contributed by atoms with Gasteiger partial charge in [-0.15, -0.1) is 0 Å². The highest BCUT2D eigenvalue weighted by Gasteiger charge is 2.15. The summed E-state index contributed by atoms with van der Waals surface area (Å²) in [5, 5.41) is 3.95. The molecule has 0 amide bonds. The van der Waals surface area contributed by atoms with Crippen molar-refractivity contribution in [2.24, 2.45) is 5.16 Å². The Bertz CT molecular complexity index is 333. The molecule has 0 aromatic heterocycles. The van der Waals surface area contributed by atoms with Crippen LogP contribution in [-0.2, 0) is 4.84 Å². The zero-order valence-corrected chi connectivity index (χ0v) is 7.41. The maximum Gasteiger partial charge on any atom is 0.129 e. The zero-order valence-electron chi connectivity index (χ0n) is 7.41. The lowest BCUT2D eigenvalue weighted by molar-refractivity contribution is 0.210. The fourth-order valence-corrected chi connectivity index (χ4v) is 1.37. The second-order valence-corrected chi connectivity index (χ2v) is 2.74. The van der Waals surface area contributed by atoms with Gasteiger partial charge in [0.1, 0.15) is 12.9 Å². The molecule has 0 saturated heterocycles. The highest BCUT2D eigenvalue weighted by atomic mass is 16.6. The molecular weight excluding hydrogens is 166 g/mol. The lowest BCUT2D eigenvalue weighted by Crippen LogP contribution is -2.16. The molecule has 0 spiro atoms. The third-order valence-electron chi connectivity index (χ3n) is 1.93. The minimum atomic E-state index is 0.660. The van der Waals surface area contributed by atoms with Gasteiger partial charge in [-0.2, -0.15) is 0 Å². The molecule has 0 aliphatic carbocycles. The Morgan fingerprint density at radius 3 is 3.38 bits per heavy atom. The SMILES string of the molecule is CO/N=C1\CCOc2c[c]ccc21. The van der Waals surface area contributed by atoms with Crippen molar-refractivity contribution in [3.8, 4) is 5.75 Å². The first kappa shape index (κ1) is 8.10. The van der Waals surface area contributed by atoms with Gasteiger partial charge in [0.15, 0.2) is 0 Å². The van der Waals surface area contributed by atoms with E-state index in [2.05, 4.69) is 11.2 Å². The molecule has 1 radical (unpaired) electrons. The molecule has 0 saturated carbocycles. The summed E-state index contributed by atoms with van der Waals surface area (Å²) >= 11 is 0. The van der Waals surface area contributed by atoms with Gasteiger partial charge in [0.2, 0.25) is 0 Å². The molecule has 3 heteroatoms. The van der Waals surface area contributed by atoms with Crippen LogP contribution in [0.2, 0.25) is 0 Å². The maximum atomic E-state index is 5.43. The summed E-state index contributed by atoms with van der Waals surface area (Å²) in [5.41, 5.74) is 1.95. The number of rotatable bonds is 1. The van der Waals surface area contributed by atoms with Crippen LogP contribution in [0.5, 0.6) is 5.75 Å². The molecule has 0 unspecified atom stereocenters. The molecular formula is C10H10NO2. The predicted molar refractivity (Wildman–Crippen MR) is 48.9 cm³/mol. The number of fused-ring (bicyclic) bond motifs is 1. The lowest BCUT2D eigenvalue weighted by Gasteiger charge is -2.17. The van der Waals surface area contributed by atoms with Crippen LogP contribution >= 0.6 is 0 Å². The standard InChI is InChI=1S/C10H10NO2/c1-12-11-9-6-7-13-10-5-3-2-4-8(9)10/h2,4-5H,6-7H2,1H3/b11-9+. The Labute approximate surface area is 77.0 Å². The van der Waals surface area contributed by atoms with Crippen LogP contribution in [-0.4, -0.2) is 19.4 Å². The van der Waals surface area contributed by atoms with E-state index in [1.807, 2.05) is 18.2 Å². The summed E-state index contributed by atoms with van der Waals surface area (Å²) in [4.78, 5) is 4.76. The first-order chi connectivity index (χ1) is 6.42. The van der Waals surface area contributed by atoms with Crippen LogP contribution in [0, 0.1) is 6.07 Å². The number of hydrogen-bond acceptors (Lipinski definition) is 3. The van der Waals surface area contributed by atoms with Gasteiger partial charge in [0.05, 0.1) is 12.3 Å². The monoisotopic (exact) mass is 176 g/mol. The van der Waals surface area contributed by atoms with Crippen LogP contribution < -0.4 is 4.74 Å². The summed E-state index contributed by atoms with van der Waals surface area (Å²) in [6.45, 7) is 0.660. The molecule has 1 aliphatic heterocycles. The van der Waals surface area contributed by atoms with E-state index in [1.165, 1.54) is 0 Å². The first-order valence-corrected chi connectivity index (χ1v) is 4.15. The number of nitrogens with zero attached hydrogens (tertiary/aromatic N) is 1. The van der Waals surface area contributed by atoms with Crippen molar-refractivity contribution in [2.45, 2.75) is 6.42 Å². The smallest absolute Gasteiger partial charge is 0.129 e. The fourth-order valence-electron chi connectivity index (χ4n) is 1.37. The van der Waals surface area contributed by atoms with Gasteiger partial charge in [-0.1, -0.05) is 11.2 Å². The molecule has 67 valence electrons. The molecule has 1 heterocycles. The van der Waals surface area contributed by atoms with Crippen molar-refractivity contribution in [1.82, 2.24) is 0 Å². The van der Waals surface area contributed by atoms with E-state index >= 15 is 0 Å². The Morgan fingerprint density at radius 2 is 2.54 bits per heavy atom. The molecule has 1 aliphatic rings. The van der Waals surface area contributed by atoms with E-state index < -0.39 is 0 Å². The molecule has 1 aromatic carbocycles. The highest BCUT2D eigenvalue weighted by molar-refractivity contribution is 6.03. The molecule has 2 rings (SSSR count). The van der Waals surface area contributed by atoms with Gasteiger partial charge in [0.25, 0.3) is 0 Å². The van der Waals surface area contributed by atoms with Crippen LogP contribution in [0.1, 0.15) is 12.0 Å². The van der Waals surface area contributed by atoms with E-state index in [1.54, 1.807) is 7.11 Å². The van der Waals surface area contributed by atoms with Crippen LogP contribution in [0.25, 0.3) is 0 Å². The van der Waals surface area contributed by atoms with Crippen LogP contribution in [0.15, 0.2) is 23.4 Å². The van der Waals surface area contributed by atoms with E-state index in [4.69, 9.17) is 9.57 Å². The van der Waals surface area contributed by atoms with Crippen molar-refractivity contribution in [2.75, 3.05) is 13.7 Å². The van der Waals surface area contributed by atoms with Gasteiger partial charge < -0.3 is 9.57 Å². The molecule has 3 nitrogen and oxygen atoms in total. The number of oxime groups is 1. The average molecular weight is 176 g/mol. The first-order valence-electron chi connectivity index (χ1n) is 4.15. The topological polar surface area (TPSA) is 30.8 Å². The van der Waals surface area contributed by atoms with Gasteiger partial charge in [0, 0.05) is 12.0 Å². The van der Waals surface area contributed by atoms with Crippen LogP contribution in [0.3, 0.4) is 0 Å². The third-order valence-corrected chi connectivity index (χ3v) is 1.93. The maximum absolute atomic E-state index is 5.43. The minimum Gasteiger partial charge on any atom is -0.492 e. The van der Waals surface area contributed by atoms with Crippen molar-refractivity contribution in [1.29, 1.82) is 0 Å². The van der Waals surface area contributed by atoms with Crippen molar-refractivity contribution < 1.29 is 9.57 Å². The minimum absolute atomic E-state index is 0.660. The number of ether oxygens (including phenoxy) is 1. The number of benzene rings is 1. The van der Waals surface area contributed by atoms with E-state index in [9.17, 15) is 0 Å². The molecule has 13 heavy (non-hydrogen) atoms. The summed E-state index contributed by atoms with van der Waals surface area (Å²) in [6, 6.07) is 8.56. The van der Waals surface area contributed by atoms with Gasteiger partial charge in [-0.3, -0.25) is 0 Å². The van der Waals surface area contributed by atoms with E-state index in [-0.39, 0.29) is 0 Å². The van der Waals surface area contributed by atoms with Crippen molar-refractivity contribution >= 4 is 5.71 Å². The van der Waals surface area contributed by atoms with Gasteiger partial charge in [-0.25, -0.2) is 0 Å². The van der Waals surface area contributed by atoms with E-state index in [0.717, 1.165) is 23.4 Å². The van der Waals surface area contributed by atoms with Gasteiger partial charge >= 0.3 is 0 Å². The van der Waals surface area contributed by atoms with Gasteiger partial charge in [-0.05, 0) is 18.2 Å². The summed E-state index contributed by atoms with van der Waals surface area (Å²) in [6.07, 6.45) is 0.796.